The van der Waals surface area contributed by atoms with Crippen LogP contribution in [0.25, 0.3) is 0 Å². The zero-order chi connectivity index (χ0) is 15.0. The van der Waals surface area contributed by atoms with E-state index in [1.807, 2.05) is 0 Å². The standard InChI is InChI=1S/C14H16FNO3S/c1-3-19-9-14(8-16)12(13(14)20(2,17)18)10-5-4-6-11(15)7-10/h4-7,12-13H,3,9H2,1-2H3/t12-,13+,14-/m1/s1. The zero-order valence-corrected chi connectivity index (χ0v) is 12.2. The fourth-order valence-corrected chi connectivity index (χ4v) is 4.66. The summed E-state index contributed by atoms with van der Waals surface area (Å²) in [6.45, 7) is 2.22. The molecule has 0 amide bonds. The minimum atomic E-state index is -3.41. The number of halogens is 1. The lowest BCUT2D eigenvalue weighted by molar-refractivity contribution is 0.117. The van der Waals surface area contributed by atoms with E-state index in [4.69, 9.17) is 4.74 Å². The van der Waals surface area contributed by atoms with Gasteiger partial charge in [0, 0.05) is 18.8 Å². The van der Waals surface area contributed by atoms with Crippen molar-refractivity contribution in [2.24, 2.45) is 5.41 Å². The molecule has 0 spiro atoms. The molecule has 1 aromatic carbocycles. The van der Waals surface area contributed by atoms with Crippen molar-refractivity contribution in [3.63, 3.8) is 0 Å². The summed E-state index contributed by atoms with van der Waals surface area (Å²) in [6.07, 6.45) is 1.11. The van der Waals surface area contributed by atoms with E-state index < -0.39 is 32.2 Å². The second-order valence-corrected chi connectivity index (χ2v) is 7.24. The molecule has 1 aliphatic carbocycles. The summed E-state index contributed by atoms with van der Waals surface area (Å²) in [4.78, 5) is 0. The molecule has 6 heteroatoms. The highest BCUT2D eigenvalue weighted by molar-refractivity contribution is 7.91. The molecule has 0 bridgehead atoms. The molecular formula is C14H16FNO3S. The first-order chi connectivity index (χ1) is 9.36. The van der Waals surface area contributed by atoms with Crippen LogP contribution < -0.4 is 0 Å². The van der Waals surface area contributed by atoms with Crippen LogP contribution in [-0.2, 0) is 14.6 Å². The van der Waals surface area contributed by atoms with E-state index in [1.54, 1.807) is 13.0 Å². The summed E-state index contributed by atoms with van der Waals surface area (Å²) in [5.74, 6) is -0.977. The number of nitrogens with zero attached hydrogens (tertiary/aromatic N) is 1. The van der Waals surface area contributed by atoms with Crippen LogP contribution in [0.5, 0.6) is 0 Å². The van der Waals surface area contributed by atoms with Crippen molar-refractivity contribution in [1.29, 1.82) is 5.26 Å². The van der Waals surface area contributed by atoms with Crippen LogP contribution in [0.1, 0.15) is 18.4 Å². The van der Waals surface area contributed by atoms with Gasteiger partial charge in [0.25, 0.3) is 0 Å². The number of ether oxygens (including phenoxy) is 1. The number of sulfone groups is 1. The number of hydrogen-bond donors (Lipinski definition) is 0. The molecule has 0 aromatic heterocycles. The van der Waals surface area contributed by atoms with Crippen molar-refractivity contribution < 1.29 is 17.5 Å². The fraction of sp³-hybridized carbons (Fsp3) is 0.500. The second kappa shape index (κ2) is 5.15. The highest BCUT2D eigenvalue weighted by Crippen LogP contribution is 2.62. The van der Waals surface area contributed by atoms with Gasteiger partial charge >= 0.3 is 0 Å². The molecule has 0 saturated heterocycles. The van der Waals surface area contributed by atoms with Gasteiger partial charge in [0.15, 0.2) is 9.84 Å². The average Bonchev–Trinajstić information content (AvgIpc) is 3.06. The summed E-state index contributed by atoms with van der Waals surface area (Å²) in [7, 11) is -3.41. The normalized spacial score (nSPS) is 28.9. The summed E-state index contributed by atoms with van der Waals surface area (Å²) in [5.41, 5.74) is -0.584. The van der Waals surface area contributed by atoms with Gasteiger partial charge in [-0.15, -0.1) is 0 Å². The molecule has 4 nitrogen and oxygen atoms in total. The molecule has 1 saturated carbocycles. The van der Waals surface area contributed by atoms with Crippen molar-refractivity contribution in [2.45, 2.75) is 18.1 Å². The maximum Gasteiger partial charge on any atom is 0.152 e. The first-order valence-corrected chi connectivity index (χ1v) is 8.25. The Balaban J connectivity index is 2.43. The molecule has 2 rings (SSSR count). The maximum absolute atomic E-state index is 13.3. The number of benzene rings is 1. The average molecular weight is 297 g/mol. The molecule has 0 aliphatic heterocycles. The third kappa shape index (κ3) is 2.43. The van der Waals surface area contributed by atoms with E-state index in [9.17, 15) is 18.1 Å². The SMILES string of the molecule is CCOC[C@]1(C#N)[C@H](c2cccc(F)c2)[C@@H]1S(C)(=O)=O. The Bertz CT molecular complexity index is 653. The van der Waals surface area contributed by atoms with Crippen molar-refractivity contribution in [3.8, 4) is 6.07 Å². The molecule has 1 fully saturated rings. The molecule has 0 N–H and O–H groups in total. The van der Waals surface area contributed by atoms with Crippen LogP contribution in [0.3, 0.4) is 0 Å². The number of rotatable bonds is 5. The third-order valence-electron chi connectivity index (χ3n) is 3.68. The maximum atomic E-state index is 13.3. The lowest BCUT2D eigenvalue weighted by atomic mass is 10.0. The minimum Gasteiger partial charge on any atom is -0.380 e. The lowest BCUT2D eigenvalue weighted by Crippen LogP contribution is -2.18. The minimum absolute atomic E-state index is 0.0406. The third-order valence-corrected chi connectivity index (χ3v) is 5.29. The Labute approximate surface area is 118 Å². The van der Waals surface area contributed by atoms with Crippen LogP contribution in [0.15, 0.2) is 24.3 Å². The van der Waals surface area contributed by atoms with Gasteiger partial charge in [-0.1, -0.05) is 12.1 Å². The van der Waals surface area contributed by atoms with Crippen molar-refractivity contribution in [3.05, 3.63) is 35.6 Å². The van der Waals surface area contributed by atoms with Gasteiger partial charge < -0.3 is 4.74 Å². The van der Waals surface area contributed by atoms with Gasteiger partial charge in [-0.2, -0.15) is 5.26 Å². The van der Waals surface area contributed by atoms with Crippen LogP contribution in [0.2, 0.25) is 0 Å². The second-order valence-electron chi connectivity index (χ2n) is 5.07. The first-order valence-electron chi connectivity index (χ1n) is 6.30. The topological polar surface area (TPSA) is 67.2 Å². The fourth-order valence-electron chi connectivity index (χ4n) is 2.81. The first kappa shape index (κ1) is 14.9. The lowest BCUT2D eigenvalue weighted by Gasteiger charge is -2.08. The Hall–Kier alpha value is -1.45. The molecule has 20 heavy (non-hydrogen) atoms. The van der Waals surface area contributed by atoms with Crippen LogP contribution >= 0.6 is 0 Å². The van der Waals surface area contributed by atoms with Crippen LogP contribution in [0, 0.1) is 22.6 Å². The van der Waals surface area contributed by atoms with E-state index in [1.165, 1.54) is 18.2 Å². The van der Waals surface area contributed by atoms with Gasteiger partial charge in [0.2, 0.25) is 0 Å². The molecular weight excluding hydrogens is 281 g/mol. The molecule has 0 unspecified atom stereocenters. The van der Waals surface area contributed by atoms with Crippen LogP contribution in [-0.4, -0.2) is 33.1 Å². The largest absolute Gasteiger partial charge is 0.380 e. The monoisotopic (exact) mass is 297 g/mol. The molecule has 108 valence electrons. The summed E-state index contributed by atoms with van der Waals surface area (Å²) in [6, 6.07) is 7.83. The number of hydrogen-bond acceptors (Lipinski definition) is 4. The van der Waals surface area contributed by atoms with Gasteiger partial charge in [-0.25, -0.2) is 12.8 Å². The molecule has 0 heterocycles. The van der Waals surface area contributed by atoms with Crippen LogP contribution in [0.4, 0.5) is 4.39 Å². The highest BCUT2D eigenvalue weighted by Gasteiger charge is 2.71. The van der Waals surface area contributed by atoms with E-state index in [2.05, 4.69) is 6.07 Å². The van der Waals surface area contributed by atoms with E-state index >= 15 is 0 Å². The van der Waals surface area contributed by atoms with Crippen molar-refractivity contribution in [2.75, 3.05) is 19.5 Å². The van der Waals surface area contributed by atoms with Gasteiger partial charge in [0.1, 0.15) is 11.2 Å². The zero-order valence-electron chi connectivity index (χ0n) is 11.3. The number of nitriles is 1. The quantitative estimate of drug-likeness (QED) is 0.832. The Kier molecular flexibility index (Phi) is 3.85. The summed E-state index contributed by atoms with van der Waals surface area (Å²) in [5, 5.41) is 8.59. The molecule has 1 aliphatic rings. The molecule has 0 radical (unpaired) electrons. The Morgan fingerprint density at radius 1 is 1.50 bits per heavy atom. The predicted molar refractivity (Wildman–Crippen MR) is 72.3 cm³/mol. The smallest absolute Gasteiger partial charge is 0.152 e. The molecule has 3 atom stereocenters. The van der Waals surface area contributed by atoms with Gasteiger partial charge in [0.05, 0.1) is 17.9 Å². The van der Waals surface area contributed by atoms with E-state index in [0.29, 0.717) is 12.2 Å². The van der Waals surface area contributed by atoms with Crippen molar-refractivity contribution >= 4 is 9.84 Å². The van der Waals surface area contributed by atoms with E-state index in [0.717, 1.165) is 6.26 Å². The molecule has 1 aromatic rings. The van der Waals surface area contributed by atoms with Crippen molar-refractivity contribution in [1.82, 2.24) is 0 Å². The van der Waals surface area contributed by atoms with Gasteiger partial charge in [-0.3, -0.25) is 0 Å². The summed E-state index contributed by atoms with van der Waals surface area (Å²) < 4.78 is 42.4. The summed E-state index contributed by atoms with van der Waals surface area (Å²) >= 11 is 0. The van der Waals surface area contributed by atoms with Gasteiger partial charge in [-0.05, 0) is 24.6 Å². The Morgan fingerprint density at radius 3 is 2.70 bits per heavy atom. The van der Waals surface area contributed by atoms with E-state index in [-0.39, 0.29) is 6.61 Å². The predicted octanol–water partition coefficient (Wildman–Crippen LogP) is 1.88. The highest BCUT2D eigenvalue weighted by atomic mass is 32.2. The Morgan fingerprint density at radius 2 is 2.20 bits per heavy atom.